The molecule has 0 amide bonds. The van der Waals surface area contributed by atoms with Gasteiger partial charge in [-0.25, -0.2) is 24.3 Å². The molecule has 31 heavy (non-hydrogen) atoms. The van der Waals surface area contributed by atoms with Crippen LogP contribution in [0.5, 0.6) is 0 Å². The summed E-state index contributed by atoms with van der Waals surface area (Å²) in [6.45, 7) is -0.238. The number of rotatable bonds is 4. The Morgan fingerprint density at radius 1 is 1.35 bits per heavy atom. The van der Waals surface area contributed by atoms with Gasteiger partial charge in [0.25, 0.3) is 0 Å². The average molecular weight is 425 g/mol. The smallest absolute Gasteiger partial charge is 0.426 e. The lowest BCUT2D eigenvalue weighted by molar-refractivity contribution is -0.113. The molecule has 1 saturated carbocycles. The molecule has 4 N–H and O–H groups in total. The van der Waals surface area contributed by atoms with Gasteiger partial charge in [0.05, 0.1) is 5.69 Å². The van der Waals surface area contributed by atoms with E-state index in [9.17, 15) is 20.3 Å². The number of aliphatic hydroxyl groups excluding tert-OH is 1. The molecule has 3 aromatic heterocycles. The number of aromatic nitrogens is 5. The average Bonchev–Trinajstić information content (AvgIpc) is 3.07. The molecular weight excluding hydrogens is 410 g/mol. The molecule has 0 aromatic carbocycles. The summed E-state index contributed by atoms with van der Waals surface area (Å²) < 4.78 is 17.0. The van der Waals surface area contributed by atoms with Crippen LogP contribution in [-0.4, -0.2) is 64.8 Å². The van der Waals surface area contributed by atoms with Crippen molar-refractivity contribution in [3.8, 4) is 6.07 Å². The highest BCUT2D eigenvalue weighted by atomic mass is 16.8. The van der Waals surface area contributed by atoms with Gasteiger partial charge in [-0.1, -0.05) is 0 Å². The number of aliphatic hydroxyl groups is 2. The van der Waals surface area contributed by atoms with Crippen molar-refractivity contribution < 1.29 is 29.2 Å². The van der Waals surface area contributed by atoms with Gasteiger partial charge in [0.1, 0.15) is 30.1 Å². The van der Waals surface area contributed by atoms with E-state index in [-0.39, 0.29) is 23.9 Å². The summed E-state index contributed by atoms with van der Waals surface area (Å²) in [5.41, 5.74) is 2.39. The Bertz CT molecular complexity index is 1210. The van der Waals surface area contributed by atoms with Gasteiger partial charge in [-0.05, 0) is 18.2 Å². The fourth-order valence-corrected chi connectivity index (χ4v) is 3.79. The number of nitrogen functional groups attached to an aromatic ring is 1. The summed E-state index contributed by atoms with van der Waals surface area (Å²) in [6, 6.07) is 6.57. The highest BCUT2D eigenvalue weighted by Crippen LogP contribution is 2.59. The Balaban J connectivity index is 1.33. The maximum atomic E-state index is 12.0. The van der Waals surface area contributed by atoms with Crippen molar-refractivity contribution in [3.05, 3.63) is 48.4 Å². The quantitative estimate of drug-likeness (QED) is 0.435. The van der Waals surface area contributed by atoms with Crippen LogP contribution in [0.2, 0.25) is 0 Å². The summed E-state index contributed by atoms with van der Waals surface area (Å²) in [5.74, 6) is 0.423. The number of fused-ring (bicyclic) bond motifs is 2. The minimum atomic E-state index is -2.00. The van der Waals surface area contributed by atoms with Gasteiger partial charge >= 0.3 is 6.16 Å². The first-order valence-corrected chi connectivity index (χ1v) is 9.09. The van der Waals surface area contributed by atoms with Gasteiger partial charge in [-0.15, -0.1) is 0 Å². The molecule has 5 rings (SSSR count). The van der Waals surface area contributed by atoms with Gasteiger partial charge < -0.3 is 30.2 Å². The third kappa shape index (κ3) is 2.63. The molecule has 4 heterocycles. The van der Waals surface area contributed by atoms with Crippen LogP contribution in [0, 0.1) is 11.3 Å². The standard InChI is InChI=1S/C18H15N7O6/c19-7-17(10-3-2-9-14(20)23-8-24-25(9)10)15(26)18(28)12(13(18)31-17)30-16(27)29-6-11-21-4-1-5-22-11/h1-5,8,12-13,15,26,28H,6H2,(H2,20,23,24)/t12?,13-,15+,17+,18-/m1/s1. The largest absolute Gasteiger partial charge is 0.509 e. The summed E-state index contributed by atoms with van der Waals surface area (Å²) in [6.07, 6.45) is -1.06. The molecule has 1 unspecified atom stereocenters. The highest BCUT2D eigenvalue weighted by Gasteiger charge is 2.84. The molecule has 0 bridgehead atoms. The van der Waals surface area contributed by atoms with E-state index in [1.165, 1.54) is 29.3 Å². The van der Waals surface area contributed by atoms with Crippen molar-refractivity contribution in [2.45, 2.75) is 36.1 Å². The number of nitriles is 1. The van der Waals surface area contributed by atoms with Gasteiger partial charge in [0.15, 0.2) is 30.0 Å². The number of hydrogen-bond donors (Lipinski definition) is 3. The summed E-state index contributed by atoms with van der Waals surface area (Å²) in [7, 11) is 0. The lowest BCUT2D eigenvalue weighted by Crippen LogP contribution is -2.47. The second kappa shape index (κ2) is 6.57. The summed E-state index contributed by atoms with van der Waals surface area (Å²) in [4.78, 5) is 23.6. The molecule has 1 saturated heterocycles. The Morgan fingerprint density at radius 3 is 2.81 bits per heavy atom. The summed E-state index contributed by atoms with van der Waals surface area (Å²) >= 11 is 0. The Kier molecular flexibility index (Phi) is 4.05. The minimum Gasteiger partial charge on any atom is -0.426 e. The van der Waals surface area contributed by atoms with E-state index in [4.69, 9.17) is 19.9 Å². The number of carbonyl (C=O) groups is 1. The van der Waals surface area contributed by atoms with E-state index in [1.807, 2.05) is 6.07 Å². The number of nitrogens with zero attached hydrogens (tertiary/aromatic N) is 6. The van der Waals surface area contributed by atoms with Gasteiger partial charge in [0.2, 0.25) is 5.60 Å². The molecule has 1 aliphatic heterocycles. The van der Waals surface area contributed by atoms with Gasteiger partial charge in [-0.2, -0.15) is 10.4 Å². The SMILES string of the molecule is N#C[C@@]1(c2ccc3c(N)ncnn23)O[C@@H]2C(OC(=O)OCc3ncccn3)[C@]2(O)[C@H]1O. The monoisotopic (exact) mass is 425 g/mol. The zero-order valence-electron chi connectivity index (χ0n) is 15.7. The van der Waals surface area contributed by atoms with Crippen LogP contribution in [-0.2, 0) is 26.4 Å². The number of hydrogen-bond acceptors (Lipinski definition) is 12. The molecule has 0 radical (unpaired) electrons. The first kappa shape index (κ1) is 19.1. The van der Waals surface area contributed by atoms with Crippen molar-refractivity contribution in [2.75, 3.05) is 5.73 Å². The topological polar surface area (TPSA) is 191 Å². The van der Waals surface area contributed by atoms with E-state index >= 15 is 0 Å². The lowest BCUT2D eigenvalue weighted by Gasteiger charge is -2.29. The van der Waals surface area contributed by atoms with Crippen LogP contribution in [0.3, 0.4) is 0 Å². The zero-order chi connectivity index (χ0) is 21.8. The molecule has 13 heteroatoms. The highest BCUT2D eigenvalue weighted by molar-refractivity contribution is 5.66. The van der Waals surface area contributed by atoms with Crippen LogP contribution < -0.4 is 5.73 Å². The van der Waals surface area contributed by atoms with Crippen LogP contribution in [0.4, 0.5) is 10.6 Å². The van der Waals surface area contributed by atoms with E-state index in [0.717, 1.165) is 0 Å². The Morgan fingerprint density at radius 2 is 2.13 bits per heavy atom. The molecule has 0 spiro atoms. The molecule has 2 aliphatic rings. The van der Waals surface area contributed by atoms with E-state index in [0.29, 0.717) is 5.52 Å². The van der Waals surface area contributed by atoms with Crippen LogP contribution >= 0.6 is 0 Å². The molecule has 158 valence electrons. The first-order chi connectivity index (χ1) is 14.9. The number of carbonyl (C=O) groups excluding carboxylic acids is 1. The van der Waals surface area contributed by atoms with E-state index in [2.05, 4.69) is 20.1 Å². The molecular formula is C18H15N7O6. The van der Waals surface area contributed by atoms with Crippen molar-refractivity contribution in [2.24, 2.45) is 0 Å². The number of anilines is 1. The van der Waals surface area contributed by atoms with Crippen molar-refractivity contribution in [3.63, 3.8) is 0 Å². The number of ether oxygens (including phenoxy) is 3. The summed E-state index contributed by atoms with van der Waals surface area (Å²) in [5, 5.41) is 35.6. The van der Waals surface area contributed by atoms with Crippen LogP contribution in [0.15, 0.2) is 36.9 Å². The lowest BCUT2D eigenvalue weighted by atomic mass is 9.90. The molecule has 1 aliphatic carbocycles. The van der Waals surface area contributed by atoms with Gasteiger partial charge in [-0.3, -0.25) is 0 Å². The molecule has 13 nitrogen and oxygen atoms in total. The van der Waals surface area contributed by atoms with E-state index in [1.54, 1.807) is 12.1 Å². The van der Waals surface area contributed by atoms with E-state index < -0.39 is 35.7 Å². The zero-order valence-corrected chi connectivity index (χ0v) is 15.7. The number of nitrogens with two attached hydrogens (primary N) is 1. The van der Waals surface area contributed by atoms with Crippen molar-refractivity contribution in [1.29, 1.82) is 5.26 Å². The van der Waals surface area contributed by atoms with Crippen molar-refractivity contribution in [1.82, 2.24) is 24.6 Å². The third-order valence-electron chi connectivity index (χ3n) is 5.40. The Hall–Kier alpha value is -3.86. The van der Waals surface area contributed by atoms with Crippen LogP contribution in [0.25, 0.3) is 5.52 Å². The fraction of sp³-hybridized carbons (Fsp3) is 0.333. The minimum absolute atomic E-state index is 0.148. The van der Waals surface area contributed by atoms with Crippen LogP contribution in [0.1, 0.15) is 11.5 Å². The fourth-order valence-electron chi connectivity index (χ4n) is 3.79. The second-order valence-corrected chi connectivity index (χ2v) is 7.08. The maximum Gasteiger partial charge on any atom is 0.509 e. The maximum absolute atomic E-state index is 12.0. The molecule has 3 aromatic rings. The normalized spacial score (nSPS) is 31.1. The second-order valence-electron chi connectivity index (χ2n) is 7.08. The Labute approximate surface area is 173 Å². The van der Waals surface area contributed by atoms with Crippen molar-refractivity contribution >= 4 is 17.5 Å². The molecule has 5 atom stereocenters. The van der Waals surface area contributed by atoms with Gasteiger partial charge in [0, 0.05) is 12.4 Å². The first-order valence-electron chi connectivity index (χ1n) is 9.09. The predicted octanol–water partition coefficient (Wildman–Crippen LogP) is -0.953. The third-order valence-corrected chi connectivity index (χ3v) is 5.40. The predicted molar refractivity (Wildman–Crippen MR) is 97.6 cm³/mol. The molecule has 2 fully saturated rings.